The van der Waals surface area contributed by atoms with Crippen LogP contribution in [0, 0.1) is 0 Å². The minimum Gasteiger partial charge on any atom is -0.464 e. The number of nitrogens with zero attached hydrogens (tertiary/aromatic N) is 2. The van der Waals surface area contributed by atoms with E-state index in [4.69, 9.17) is 23.2 Å². The Morgan fingerprint density at radius 1 is 1.22 bits per heavy atom. The van der Waals surface area contributed by atoms with Crippen LogP contribution in [-0.2, 0) is 4.74 Å². The third-order valence-corrected chi connectivity index (χ3v) is 2.61. The van der Waals surface area contributed by atoms with Crippen LogP contribution in [0.3, 0.4) is 0 Å². The molecule has 0 N–H and O–H groups in total. The summed E-state index contributed by atoms with van der Waals surface area (Å²) in [4.78, 5) is 19.5. The van der Waals surface area contributed by atoms with Crippen molar-refractivity contribution < 1.29 is 9.53 Å². The lowest BCUT2D eigenvalue weighted by atomic mass is 10.2. The third kappa shape index (κ3) is 2.78. The molecule has 0 spiro atoms. The summed E-state index contributed by atoms with van der Waals surface area (Å²) in [5.74, 6) is -0.158. The first-order valence-corrected chi connectivity index (χ1v) is 5.73. The monoisotopic (exact) mass is 282 g/mol. The molecule has 0 radical (unpaired) electrons. The van der Waals surface area contributed by atoms with Gasteiger partial charge in [-0.05, 0) is 24.3 Å². The Bertz CT molecular complexity index is 582. The van der Waals surface area contributed by atoms with Gasteiger partial charge >= 0.3 is 5.97 Å². The molecule has 2 rings (SSSR count). The number of esters is 1. The van der Waals surface area contributed by atoms with E-state index in [1.165, 1.54) is 19.4 Å². The molecule has 4 nitrogen and oxygen atoms in total. The number of methoxy groups -OCH3 is 1. The Balaban J connectivity index is 2.47. The topological polar surface area (TPSA) is 52.1 Å². The second kappa shape index (κ2) is 5.33. The molecule has 18 heavy (non-hydrogen) atoms. The lowest BCUT2D eigenvalue weighted by Gasteiger charge is -2.03. The van der Waals surface area contributed by atoms with Crippen molar-refractivity contribution in [1.29, 1.82) is 0 Å². The first-order chi connectivity index (χ1) is 8.60. The van der Waals surface area contributed by atoms with E-state index in [1.54, 1.807) is 18.2 Å². The molecule has 0 aliphatic rings. The van der Waals surface area contributed by atoms with E-state index in [0.29, 0.717) is 21.4 Å². The molecule has 6 heteroatoms. The zero-order valence-electron chi connectivity index (χ0n) is 9.35. The molecule has 0 aliphatic carbocycles. The Kier molecular flexibility index (Phi) is 3.79. The quantitative estimate of drug-likeness (QED) is 0.794. The molecule has 0 bridgehead atoms. The highest BCUT2D eigenvalue weighted by atomic mass is 35.5. The van der Waals surface area contributed by atoms with Gasteiger partial charge in [0.1, 0.15) is 0 Å². The largest absolute Gasteiger partial charge is 0.464 e. The van der Waals surface area contributed by atoms with E-state index in [9.17, 15) is 4.79 Å². The number of aromatic nitrogens is 2. The first-order valence-electron chi connectivity index (χ1n) is 4.98. The Morgan fingerprint density at radius 2 is 1.89 bits per heavy atom. The number of carbonyl (C=O) groups is 1. The fourth-order valence-corrected chi connectivity index (χ4v) is 1.93. The zero-order chi connectivity index (χ0) is 13.1. The molecule has 0 atom stereocenters. The molecule has 0 unspecified atom stereocenters. The normalized spacial score (nSPS) is 10.2. The van der Waals surface area contributed by atoms with E-state index in [2.05, 4.69) is 14.7 Å². The van der Waals surface area contributed by atoms with Gasteiger partial charge in [0.15, 0.2) is 11.5 Å². The van der Waals surface area contributed by atoms with Gasteiger partial charge in [0.25, 0.3) is 0 Å². The molecule has 1 aromatic heterocycles. The van der Waals surface area contributed by atoms with Crippen LogP contribution in [-0.4, -0.2) is 23.0 Å². The first kappa shape index (κ1) is 12.8. The minimum absolute atomic E-state index is 0.179. The molecular formula is C12H8Cl2N2O2. The molecule has 1 aromatic carbocycles. The number of ether oxygens (including phenoxy) is 1. The summed E-state index contributed by atoms with van der Waals surface area (Å²) in [5, 5.41) is 0.953. The Labute approximate surface area is 114 Å². The predicted octanol–water partition coefficient (Wildman–Crippen LogP) is 3.24. The SMILES string of the molecule is COC(=O)c1ccnc(-c2cc(Cl)cc(Cl)c2)n1. The lowest BCUT2D eigenvalue weighted by Crippen LogP contribution is -2.05. The average molecular weight is 283 g/mol. The highest BCUT2D eigenvalue weighted by molar-refractivity contribution is 6.35. The number of carbonyl (C=O) groups excluding carboxylic acids is 1. The van der Waals surface area contributed by atoms with Crippen molar-refractivity contribution in [2.45, 2.75) is 0 Å². The van der Waals surface area contributed by atoms with Crippen molar-refractivity contribution in [2.75, 3.05) is 7.11 Å². The molecule has 1 heterocycles. The van der Waals surface area contributed by atoms with Crippen LogP contribution in [0.2, 0.25) is 10.0 Å². The summed E-state index contributed by atoms with van der Waals surface area (Å²) < 4.78 is 4.59. The molecule has 0 fully saturated rings. The van der Waals surface area contributed by atoms with Crippen molar-refractivity contribution in [3.05, 3.63) is 46.2 Å². The van der Waals surface area contributed by atoms with Gasteiger partial charge in [-0.15, -0.1) is 0 Å². The van der Waals surface area contributed by atoms with Gasteiger partial charge in [-0.25, -0.2) is 14.8 Å². The van der Waals surface area contributed by atoms with Crippen LogP contribution in [0.1, 0.15) is 10.5 Å². The van der Waals surface area contributed by atoms with Gasteiger partial charge in [-0.1, -0.05) is 23.2 Å². The number of halogens is 2. The fraction of sp³-hybridized carbons (Fsp3) is 0.0833. The number of rotatable bonds is 2. The van der Waals surface area contributed by atoms with Crippen molar-refractivity contribution in [3.63, 3.8) is 0 Å². The summed E-state index contributed by atoms with van der Waals surface area (Å²) in [5.41, 5.74) is 0.817. The van der Waals surface area contributed by atoms with Gasteiger partial charge in [0, 0.05) is 21.8 Å². The molecular weight excluding hydrogens is 275 g/mol. The van der Waals surface area contributed by atoms with Crippen LogP contribution in [0.15, 0.2) is 30.5 Å². The third-order valence-electron chi connectivity index (χ3n) is 2.17. The van der Waals surface area contributed by atoms with E-state index in [1.807, 2.05) is 0 Å². The minimum atomic E-state index is -0.522. The van der Waals surface area contributed by atoms with E-state index in [-0.39, 0.29) is 5.69 Å². The number of hydrogen-bond donors (Lipinski definition) is 0. The summed E-state index contributed by atoms with van der Waals surface area (Å²) in [6.45, 7) is 0. The highest BCUT2D eigenvalue weighted by Crippen LogP contribution is 2.24. The molecule has 2 aromatic rings. The van der Waals surface area contributed by atoms with Gasteiger partial charge < -0.3 is 4.74 Å². The number of hydrogen-bond acceptors (Lipinski definition) is 4. The number of benzene rings is 1. The molecule has 0 saturated heterocycles. The van der Waals surface area contributed by atoms with Crippen LogP contribution in [0.25, 0.3) is 11.4 Å². The van der Waals surface area contributed by atoms with Gasteiger partial charge in [0.2, 0.25) is 0 Å². The van der Waals surface area contributed by atoms with Crippen molar-refractivity contribution >= 4 is 29.2 Å². The fourth-order valence-electron chi connectivity index (χ4n) is 1.40. The summed E-state index contributed by atoms with van der Waals surface area (Å²) in [6.07, 6.45) is 1.48. The summed E-state index contributed by atoms with van der Waals surface area (Å²) in [6, 6.07) is 6.42. The maximum Gasteiger partial charge on any atom is 0.356 e. The van der Waals surface area contributed by atoms with Gasteiger partial charge in [-0.2, -0.15) is 0 Å². The zero-order valence-corrected chi connectivity index (χ0v) is 10.9. The summed E-state index contributed by atoms with van der Waals surface area (Å²) in [7, 11) is 1.29. The summed E-state index contributed by atoms with van der Waals surface area (Å²) >= 11 is 11.8. The Hall–Kier alpha value is -1.65. The molecule has 0 aliphatic heterocycles. The molecule has 0 amide bonds. The van der Waals surface area contributed by atoms with E-state index < -0.39 is 5.97 Å². The van der Waals surface area contributed by atoms with Crippen LogP contribution >= 0.6 is 23.2 Å². The Morgan fingerprint density at radius 3 is 2.50 bits per heavy atom. The van der Waals surface area contributed by atoms with Crippen molar-refractivity contribution in [2.24, 2.45) is 0 Å². The van der Waals surface area contributed by atoms with Crippen LogP contribution in [0.5, 0.6) is 0 Å². The van der Waals surface area contributed by atoms with Crippen LogP contribution in [0.4, 0.5) is 0 Å². The van der Waals surface area contributed by atoms with Gasteiger partial charge in [0.05, 0.1) is 7.11 Å². The van der Waals surface area contributed by atoms with Crippen molar-refractivity contribution in [3.8, 4) is 11.4 Å². The maximum atomic E-state index is 11.4. The lowest BCUT2D eigenvalue weighted by molar-refractivity contribution is 0.0594. The van der Waals surface area contributed by atoms with Gasteiger partial charge in [-0.3, -0.25) is 0 Å². The average Bonchev–Trinajstić information content (AvgIpc) is 2.37. The standard InChI is InChI=1S/C12H8Cl2N2O2/c1-18-12(17)10-2-3-15-11(16-10)7-4-8(13)6-9(14)5-7/h2-6H,1H3. The second-order valence-electron chi connectivity index (χ2n) is 3.42. The molecule has 92 valence electrons. The van der Waals surface area contributed by atoms with E-state index in [0.717, 1.165) is 0 Å². The second-order valence-corrected chi connectivity index (χ2v) is 4.29. The molecule has 0 saturated carbocycles. The smallest absolute Gasteiger partial charge is 0.356 e. The van der Waals surface area contributed by atoms with Crippen molar-refractivity contribution in [1.82, 2.24) is 9.97 Å². The highest BCUT2D eigenvalue weighted by Gasteiger charge is 2.10. The maximum absolute atomic E-state index is 11.4. The predicted molar refractivity (Wildman–Crippen MR) is 68.8 cm³/mol. The van der Waals surface area contributed by atoms with Crippen LogP contribution < -0.4 is 0 Å². The van der Waals surface area contributed by atoms with E-state index >= 15 is 0 Å².